The van der Waals surface area contributed by atoms with Gasteiger partial charge in [0, 0.05) is 13.5 Å². The van der Waals surface area contributed by atoms with Crippen molar-refractivity contribution in [3.05, 3.63) is 24.0 Å². The van der Waals surface area contributed by atoms with E-state index in [4.69, 9.17) is 4.74 Å². The summed E-state index contributed by atoms with van der Waals surface area (Å²) < 4.78 is 43.7. The highest BCUT2D eigenvalue weighted by Gasteiger charge is 2.33. The Morgan fingerprint density at radius 3 is 2.71 bits per heavy atom. The number of carbonyl (C=O) groups excluding carboxylic acids is 2. The van der Waals surface area contributed by atoms with Crippen LogP contribution in [0.4, 0.5) is 20.6 Å². The Hall–Kier alpha value is -2.89. The largest absolute Gasteiger partial charge is 0.442 e. The van der Waals surface area contributed by atoms with Crippen LogP contribution in [0.1, 0.15) is 6.92 Å². The molecule has 0 radical (unpaired) electrons. The van der Waals surface area contributed by atoms with Crippen molar-refractivity contribution >= 4 is 39.7 Å². The first kappa shape index (κ1) is 19.9. The number of hydrazone groups is 1. The Balaban J connectivity index is 1.71. The SMILES string of the molecule is CC(=O)NC[C@H]1CN(c2ccc(N3C=NN(S(C)(=O)=O)CC3)c(F)c2)C(=O)O1. The van der Waals surface area contributed by atoms with Crippen LogP contribution in [-0.4, -0.2) is 69.7 Å². The molecule has 3 rings (SSSR count). The number of anilines is 2. The van der Waals surface area contributed by atoms with Crippen LogP contribution in [0, 0.1) is 5.82 Å². The fourth-order valence-electron chi connectivity index (χ4n) is 2.86. The number of nitrogens with one attached hydrogen (secondary N) is 1. The number of cyclic esters (lactones) is 1. The average molecular weight is 413 g/mol. The van der Waals surface area contributed by atoms with Gasteiger partial charge in [0.2, 0.25) is 15.9 Å². The third kappa shape index (κ3) is 4.32. The van der Waals surface area contributed by atoms with E-state index in [0.29, 0.717) is 5.69 Å². The third-order valence-corrected chi connectivity index (χ3v) is 5.28. The van der Waals surface area contributed by atoms with Gasteiger partial charge >= 0.3 is 6.09 Å². The molecule has 2 aliphatic rings. The van der Waals surface area contributed by atoms with E-state index in [-0.39, 0.29) is 37.8 Å². The lowest BCUT2D eigenvalue weighted by Crippen LogP contribution is -2.40. The van der Waals surface area contributed by atoms with Crippen LogP contribution in [0.25, 0.3) is 0 Å². The van der Waals surface area contributed by atoms with E-state index in [1.807, 2.05) is 0 Å². The van der Waals surface area contributed by atoms with Crippen LogP contribution in [0.2, 0.25) is 0 Å². The number of halogens is 1. The summed E-state index contributed by atoms with van der Waals surface area (Å²) in [4.78, 5) is 25.8. The van der Waals surface area contributed by atoms with E-state index in [9.17, 15) is 22.4 Å². The van der Waals surface area contributed by atoms with Crippen molar-refractivity contribution in [3.63, 3.8) is 0 Å². The number of benzene rings is 1. The van der Waals surface area contributed by atoms with Gasteiger partial charge in [-0.1, -0.05) is 0 Å². The molecule has 1 aromatic carbocycles. The molecule has 2 aliphatic heterocycles. The lowest BCUT2D eigenvalue weighted by molar-refractivity contribution is -0.119. The number of rotatable bonds is 5. The highest BCUT2D eigenvalue weighted by molar-refractivity contribution is 7.88. The number of amides is 2. The summed E-state index contributed by atoms with van der Waals surface area (Å²) in [5, 5.41) is 6.39. The molecule has 1 fully saturated rings. The molecule has 1 aromatic rings. The molecule has 2 amide bonds. The minimum Gasteiger partial charge on any atom is -0.442 e. The smallest absolute Gasteiger partial charge is 0.414 e. The predicted octanol–water partition coefficient (Wildman–Crippen LogP) is 0.312. The Labute approximate surface area is 161 Å². The van der Waals surface area contributed by atoms with Crippen molar-refractivity contribution in [1.82, 2.24) is 9.73 Å². The van der Waals surface area contributed by atoms with Gasteiger partial charge in [0.1, 0.15) is 18.3 Å². The van der Waals surface area contributed by atoms with E-state index in [0.717, 1.165) is 10.7 Å². The fraction of sp³-hybridized carbons (Fsp3) is 0.438. The van der Waals surface area contributed by atoms with Crippen molar-refractivity contribution in [2.75, 3.05) is 42.2 Å². The molecule has 0 unspecified atom stereocenters. The van der Waals surface area contributed by atoms with E-state index < -0.39 is 28.0 Å². The van der Waals surface area contributed by atoms with Gasteiger partial charge < -0.3 is 15.0 Å². The number of ether oxygens (including phenoxy) is 1. The van der Waals surface area contributed by atoms with Gasteiger partial charge in [-0.2, -0.15) is 9.52 Å². The van der Waals surface area contributed by atoms with Crippen LogP contribution in [0.5, 0.6) is 0 Å². The molecule has 152 valence electrons. The first-order chi connectivity index (χ1) is 13.1. The zero-order valence-electron chi connectivity index (χ0n) is 15.3. The fourth-order valence-corrected chi connectivity index (χ4v) is 3.48. The third-order valence-electron chi connectivity index (χ3n) is 4.24. The lowest BCUT2D eigenvalue weighted by atomic mass is 10.2. The maximum atomic E-state index is 14.6. The molecule has 0 aliphatic carbocycles. The Bertz CT molecular complexity index is 922. The molecule has 0 spiro atoms. The Kier molecular flexibility index (Phi) is 5.40. The number of sulfonamides is 1. The van der Waals surface area contributed by atoms with E-state index >= 15 is 0 Å². The predicted molar refractivity (Wildman–Crippen MR) is 100 cm³/mol. The molecule has 10 nitrogen and oxygen atoms in total. The van der Waals surface area contributed by atoms with E-state index in [1.165, 1.54) is 35.2 Å². The Morgan fingerprint density at radius 2 is 2.14 bits per heavy atom. The van der Waals surface area contributed by atoms with Crippen molar-refractivity contribution in [3.8, 4) is 0 Å². The standard InChI is InChI=1S/C16H20FN5O5S/c1-11(23)18-8-13-9-21(16(24)27-13)12-3-4-15(14(17)7-12)20-5-6-22(19-10-20)28(2,25)26/h3-4,7,10,13H,5-6,8-9H2,1-2H3,(H,18,23)/t13-/m0/s1. The lowest BCUT2D eigenvalue weighted by Gasteiger charge is -2.28. The van der Waals surface area contributed by atoms with Crippen molar-refractivity contribution in [2.45, 2.75) is 13.0 Å². The summed E-state index contributed by atoms with van der Waals surface area (Å²) in [5.74, 6) is -0.822. The molecule has 0 aromatic heterocycles. The number of carbonyl (C=O) groups is 2. The van der Waals surface area contributed by atoms with Gasteiger partial charge in [0.15, 0.2) is 0 Å². The minimum absolute atomic E-state index is 0.0970. The second-order valence-corrected chi connectivity index (χ2v) is 8.31. The first-order valence-corrected chi connectivity index (χ1v) is 10.3. The molecule has 1 saturated heterocycles. The topological polar surface area (TPSA) is 112 Å². The summed E-state index contributed by atoms with van der Waals surface area (Å²) in [5.41, 5.74) is 0.534. The molecule has 0 bridgehead atoms. The summed E-state index contributed by atoms with van der Waals surface area (Å²) in [6.07, 6.45) is 1.15. The summed E-state index contributed by atoms with van der Waals surface area (Å²) >= 11 is 0. The van der Waals surface area contributed by atoms with E-state index in [1.54, 1.807) is 6.07 Å². The quantitative estimate of drug-likeness (QED) is 0.744. The summed E-state index contributed by atoms with van der Waals surface area (Å²) in [6, 6.07) is 4.26. The van der Waals surface area contributed by atoms with Crippen LogP contribution >= 0.6 is 0 Å². The van der Waals surface area contributed by atoms with Crippen molar-refractivity contribution < 1.29 is 27.1 Å². The Morgan fingerprint density at radius 1 is 1.39 bits per heavy atom. The van der Waals surface area contributed by atoms with Crippen LogP contribution in [-0.2, 0) is 19.6 Å². The van der Waals surface area contributed by atoms with Crippen LogP contribution < -0.4 is 15.1 Å². The average Bonchev–Trinajstić information content (AvgIpc) is 3.00. The molecular formula is C16H20FN5O5S. The van der Waals surface area contributed by atoms with Crippen molar-refractivity contribution in [1.29, 1.82) is 0 Å². The summed E-state index contributed by atoms with van der Waals surface area (Å²) in [7, 11) is -3.45. The molecule has 12 heteroatoms. The second kappa shape index (κ2) is 7.62. The second-order valence-electron chi connectivity index (χ2n) is 6.42. The molecule has 1 N–H and O–H groups in total. The van der Waals surface area contributed by atoms with Gasteiger partial charge in [-0.15, -0.1) is 0 Å². The normalized spacial score (nSPS) is 19.8. The van der Waals surface area contributed by atoms with Gasteiger partial charge in [-0.05, 0) is 18.2 Å². The van der Waals surface area contributed by atoms with Crippen molar-refractivity contribution in [2.24, 2.45) is 5.10 Å². The maximum absolute atomic E-state index is 14.6. The zero-order valence-corrected chi connectivity index (χ0v) is 16.1. The monoisotopic (exact) mass is 413 g/mol. The molecule has 1 atom stereocenters. The molecular weight excluding hydrogens is 393 g/mol. The highest BCUT2D eigenvalue weighted by Crippen LogP contribution is 2.28. The van der Waals surface area contributed by atoms with Gasteiger partial charge in [-0.25, -0.2) is 17.6 Å². The van der Waals surface area contributed by atoms with Crippen LogP contribution in [0.15, 0.2) is 23.3 Å². The maximum Gasteiger partial charge on any atom is 0.414 e. The van der Waals surface area contributed by atoms with Crippen LogP contribution in [0.3, 0.4) is 0 Å². The molecule has 2 heterocycles. The summed E-state index contributed by atoms with van der Waals surface area (Å²) in [6.45, 7) is 2.06. The van der Waals surface area contributed by atoms with E-state index in [2.05, 4.69) is 10.4 Å². The highest BCUT2D eigenvalue weighted by atomic mass is 32.2. The van der Waals surface area contributed by atoms with Gasteiger partial charge in [0.25, 0.3) is 0 Å². The minimum atomic E-state index is -3.45. The number of nitrogens with zero attached hydrogens (tertiary/aromatic N) is 4. The first-order valence-electron chi connectivity index (χ1n) is 8.46. The number of hydrogen-bond donors (Lipinski definition) is 1. The van der Waals surface area contributed by atoms with Gasteiger partial charge in [0.05, 0.1) is 37.3 Å². The molecule has 0 saturated carbocycles. The number of hydrogen-bond acceptors (Lipinski definition) is 7. The van der Waals surface area contributed by atoms with Gasteiger partial charge in [-0.3, -0.25) is 9.69 Å². The molecule has 28 heavy (non-hydrogen) atoms. The zero-order chi connectivity index (χ0) is 20.5.